The van der Waals surface area contributed by atoms with Crippen LogP contribution < -0.4 is 11.1 Å². The topological polar surface area (TPSA) is 58.4 Å². The van der Waals surface area contributed by atoms with Crippen molar-refractivity contribution in [3.63, 3.8) is 0 Å². The van der Waals surface area contributed by atoms with Crippen LogP contribution in [0.25, 0.3) is 0 Å². The molecule has 86 valence electrons. The summed E-state index contributed by atoms with van der Waals surface area (Å²) in [5.74, 6) is 0.187. The zero-order valence-electron chi connectivity index (χ0n) is 9.32. The second-order valence-corrected chi connectivity index (χ2v) is 4.76. The van der Waals surface area contributed by atoms with E-state index in [0.29, 0.717) is 11.5 Å². The van der Waals surface area contributed by atoms with E-state index in [0.717, 1.165) is 19.4 Å². The molecule has 0 aliphatic carbocycles. The third kappa shape index (κ3) is 3.66. The number of carbonyl (C=O) groups is 1. The molecule has 1 heterocycles. The SMILES string of the molecule is CC(C)NC(=O)N1CCCC(C(N)=S)C1. The van der Waals surface area contributed by atoms with Gasteiger partial charge in [-0.05, 0) is 26.7 Å². The van der Waals surface area contributed by atoms with Crippen LogP contribution >= 0.6 is 12.2 Å². The Hall–Kier alpha value is -0.840. The molecular weight excluding hydrogens is 210 g/mol. The lowest BCUT2D eigenvalue weighted by atomic mass is 9.98. The lowest BCUT2D eigenvalue weighted by molar-refractivity contribution is 0.176. The van der Waals surface area contributed by atoms with Crippen molar-refractivity contribution in [2.45, 2.75) is 32.7 Å². The van der Waals surface area contributed by atoms with Crippen LogP contribution in [0.3, 0.4) is 0 Å². The third-order valence-corrected chi connectivity index (χ3v) is 2.86. The number of thiocarbonyl (C=S) groups is 1. The summed E-state index contributed by atoms with van der Waals surface area (Å²) in [6, 6.07) is 0.161. The number of carbonyl (C=O) groups excluding carboxylic acids is 1. The van der Waals surface area contributed by atoms with E-state index in [2.05, 4.69) is 5.32 Å². The Balaban J connectivity index is 2.48. The van der Waals surface area contributed by atoms with Crippen LogP contribution in [0.15, 0.2) is 0 Å². The molecule has 2 amide bonds. The number of hydrogen-bond acceptors (Lipinski definition) is 2. The maximum Gasteiger partial charge on any atom is 0.317 e. The minimum Gasteiger partial charge on any atom is -0.393 e. The largest absolute Gasteiger partial charge is 0.393 e. The number of rotatable bonds is 2. The standard InChI is InChI=1S/C10H19N3OS/c1-7(2)12-10(14)13-5-3-4-8(6-13)9(11)15/h7-8H,3-6H2,1-2H3,(H2,11,15)(H,12,14). The first kappa shape index (κ1) is 12.2. The molecule has 0 spiro atoms. The van der Waals surface area contributed by atoms with Gasteiger partial charge in [0.15, 0.2) is 0 Å². The highest BCUT2D eigenvalue weighted by Gasteiger charge is 2.25. The molecule has 5 heteroatoms. The van der Waals surface area contributed by atoms with Gasteiger partial charge in [-0.1, -0.05) is 12.2 Å². The molecule has 1 rings (SSSR count). The maximum absolute atomic E-state index is 11.7. The molecule has 1 unspecified atom stereocenters. The van der Waals surface area contributed by atoms with Crippen molar-refractivity contribution in [2.24, 2.45) is 11.7 Å². The molecule has 0 bridgehead atoms. The predicted molar refractivity (Wildman–Crippen MR) is 64.8 cm³/mol. The van der Waals surface area contributed by atoms with E-state index in [9.17, 15) is 4.79 Å². The lowest BCUT2D eigenvalue weighted by Crippen LogP contribution is -2.49. The zero-order chi connectivity index (χ0) is 11.4. The highest BCUT2D eigenvalue weighted by Crippen LogP contribution is 2.16. The van der Waals surface area contributed by atoms with E-state index in [1.54, 1.807) is 4.90 Å². The minimum atomic E-state index is -0.00838. The van der Waals surface area contributed by atoms with Crippen LogP contribution in [0.4, 0.5) is 4.79 Å². The number of nitrogens with two attached hydrogens (primary N) is 1. The molecule has 1 saturated heterocycles. The average molecular weight is 229 g/mol. The molecule has 0 aromatic heterocycles. The fraction of sp³-hybridized carbons (Fsp3) is 0.800. The fourth-order valence-corrected chi connectivity index (χ4v) is 1.92. The van der Waals surface area contributed by atoms with E-state index < -0.39 is 0 Å². The molecule has 4 nitrogen and oxygen atoms in total. The first-order valence-electron chi connectivity index (χ1n) is 5.35. The summed E-state index contributed by atoms with van der Waals surface area (Å²) in [6.45, 7) is 5.37. The molecule has 1 fully saturated rings. The Kier molecular flexibility index (Phi) is 4.32. The van der Waals surface area contributed by atoms with Crippen molar-refractivity contribution in [3.8, 4) is 0 Å². The molecule has 0 radical (unpaired) electrons. The Morgan fingerprint density at radius 3 is 2.80 bits per heavy atom. The Morgan fingerprint density at radius 1 is 1.60 bits per heavy atom. The van der Waals surface area contributed by atoms with Crippen LogP contribution in [-0.2, 0) is 0 Å². The first-order chi connectivity index (χ1) is 7.00. The van der Waals surface area contributed by atoms with Gasteiger partial charge in [0.05, 0.1) is 4.99 Å². The molecule has 0 aromatic carbocycles. The van der Waals surface area contributed by atoms with Gasteiger partial charge in [0.25, 0.3) is 0 Å². The predicted octanol–water partition coefficient (Wildman–Crippen LogP) is 1.10. The molecule has 3 N–H and O–H groups in total. The number of nitrogens with zero attached hydrogens (tertiary/aromatic N) is 1. The summed E-state index contributed by atoms with van der Waals surface area (Å²) in [7, 11) is 0. The van der Waals surface area contributed by atoms with Gasteiger partial charge in [0, 0.05) is 25.0 Å². The van der Waals surface area contributed by atoms with Gasteiger partial charge in [-0.2, -0.15) is 0 Å². The molecule has 0 aromatic rings. The maximum atomic E-state index is 11.7. The van der Waals surface area contributed by atoms with Gasteiger partial charge < -0.3 is 16.0 Å². The highest BCUT2D eigenvalue weighted by molar-refractivity contribution is 7.80. The van der Waals surface area contributed by atoms with Crippen molar-refractivity contribution in [3.05, 3.63) is 0 Å². The van der Waals surface area contributed by atoms with Crippen LogP contribution in [0.5, 0.6) is 0 Å². The molecule has 15 heavy (non-hydrogen) atoms. The fourth-order valence-electron chi connectivity index (χ4n) is 1.73. The lowest BCUT2D eigenvalue weighted by Gasteiger charge is -2.32. The van der Waals surface area contributed by atoms with E-state index in [1.807, 2.05) is 13.8 Å². The number of piperidine rings is 1. The van der Waals surface area contributed by atoms with E-state index >= 15 is 0 Å². The van der Waals surface area contributed by atoms with Crippen LogP contribution in [0, 0.1) is 5.92 Å². The van der Waals surface area contributed by atoms with Crippen LogP contribution in [0.2, 0.25) is 0 Å². The summed E-state index contributed by atoms with van der Waals surface area (Å²) < 4.78 is 0. The first-order valence-corrected chi connectivity index (χ1v) is 5.76. The van der Waals surface area contributed by atoms with E-state index in [-0.39, 0.29) is 18.0 Å². The van der Waals surface area contributed by atoms with Crippen molar-refractivity contribution < 1.29 is 4.79 Å². The van der Waals surface area contributed by atoms with Gasteiger partial charge in [0.1, 0.15) is 0 Å². The smallest absolute Gasteiger partial charge is 0.317 e. The molecule has 0 saturated carbocycles. The minimum absolute atomic E-state index is 0.00838. The number of amides is 2. The molecule has 1 aliphatic heterocycles. The van der Waals surface area contributed by atoms with E-state index in [1.165, 1.54) is 0 Å². The third-order valence-electron chi connectivity index (χ3n) is 2.52. The summed E-state index contributed by atoms with van der Waals surface area (Å²) in [5.41, 5.74) is 5.60. The number of likely N-dealkylation sites (tertiary alicyclic amines) is 1. The second-order valence-electron chi connectivity index (χ2n) is 4.29. The Morgan fingerprint density at radius 2 is 2.27 bits per heavy atom. The van der Waals surface area contributed by atoms with Gasteiger partial charge in [-0.3, -0.25) is 0 Å². The van der Waals surface area contributed by atoms with Gasteiger partial charge >= 0.3 is 6.03 Å². The highest BCUT2D eigenvalue weighted by atomic mass is 32.1. The van der Waals surface area contributed by atoms with Gasteiger partial charge in [-0.15, -0.1) is 0 Å². The summed E-state index contributed by atoms with van der Waals surface area (Å²) in [4.78, 5) is 14.0. The number of urea groups is 1. The van der Waals surface area contributed by atoms with Crippen LogP contribution in [0.1, 0.15) is 26.7 Å². The second kappa shape index (κ2) is 5.30. The number of hydrogen-bond donors (Lipinski definition) is 2. The van der Waals surface area contributed by atoms with Crippen molar-refractivity contribution in [1.29, 1.82) is 0 Å². The summed E-state index contributed by atoms with van der Waals surface area (Å²) >= 11 is 4.96. The Labute approximate surface area is 96.2 Å². The average Bonchev–Trinajstić information content (AvgIpc) is 2.17. The Bertz CT molecular complexity index is 255. The van der Waals surface area contributed by atoms with Gasteiger partial charge in [0.2, 0.25) is 0 Å². The van der Waals surface area contributed by atoms with E-state index in [4.69, 9.17) is 18.0 Å². The van der Waals surface area contributed by atoms with Gasteiger partial charge in [-0.25, -0.2) is 4.79 Å². The van der Waals surface area contributed by atoms with Crippen molar-refractivity contribution in [2.75, 3.05) is 13.1 Å². The van der Waals surface area contributed by atoms with Crippen molar-refractivity contribution in [1.82, 2.24) is 10.2 Å². The number of nitrogens with one attached hydrogen (secondary N) is 1. The normalized spacial score (nSPS) is 21.5. The summed E-state index contributed by atoms with van der Waals surface area (Å²) in [5, 5.41) is 2.87. The van der Waals surface area contributed by atoms with Crippen LogP contribution in [-0.4, -0.2) is 35.1 Å². The van der Waals surface area contributed by atoms with Crippen molar-refractivity contribution >= 4 is 23.2 Å². The molecule has 1 aliphatic rings. The zero-order valence-corrected chi connectivity index (χ0v) is 10.1. The monoisotopic (exact) mass is 229 g/mol. The quantitative estimate of drug-likeness (QED) is 0.697. The molecule has 1 atom stereocenters. The molecular formula is C10H19N3OS. The summed E-state index contributed by atoms with van der Waals surface area (Å²) in [6.07, 6.45) is 1.98.